The first-order valence-electron chi connectivity index (χ1n) is 10.5. The van der Waals surface area contributed by atoms with Crippen LogP contribution >= 0.6 is 0 Å². The number of hydrogen-bond donors (Lipinski definition) is 2. The lowest BCUT2D eigenvalue weighted by molar-refractivity contribution is -0.132. The van der Waals surface area contributed by atoms with Gasteiger partial charge in [0.15, 0.2) is 0 Å². The molecule has 1 aromatic heterocycles. The van der Waals surface area contributed by atoms with Crippen LogP contribution in [0.3, 0.4) is 0 Å². The molecule has 2 N–H and O–H groups in total. The number of amides is 2. The molecule has 0 radical (unpaired) electrons. The average Bonchev–Trinajstić information content (AvgIpc) is 3.47. The molecule has 2 heterocycles. The molecule has 0 unspecified atom stereocenters. The molecule has 7 heteroatoms. The average molecular weight is 418 g/mol. The van der Waals surface area contributed by atoms with Crippen molar-refractivity contribution in [2.45, 2.75) is 25.8 Å². The Morgan fingerprint density at radius 3 is 2.87 bits per heavy atom. The molecule has 0 bridgehead atoms. The number of imidazole rings is 1. The number of aromatic nitrogens is 2. The summed E-state index contributed by atoms with van der Waals surface area (Å²) in [7, 11) is 2.06. The van der Waals surface area contributed by atoms with Crippen LogP contribution in [-0.4, -0.2) is 47.3 Å². The third kappa shape index (κ3) is 4.30. The molecule has 4 rings (SSSR count). The molecule has 0 spiro atoms. The van der Waals surface area contributed by atoms with Crippen molar-refractivity contribution in [3.63, 3.8) is 0 Å². The Balaban J connectivity index is 1.58. The van der Waals surface area contributed by atoms with Crippen LogP contribution in [0.1, 0.15) is 30.3 Å². The minimum atomic E-state index is -0.0911. The Bertz CT molecular complexity index is 1060. The topological polar surface area (TPSA) is 81.3 Å². The maximum atomic E-state index is 12.4. The van der Waals surface area contributed by atoms with E-state index in [1.165, 1.54) is 5.56 Å². The van der Waals surface area contributed by atoms with E-state index in [-0.39, 0.29) is 18.5 Å². The highest BCUT2D eigenvalue weighted by molar-refractivity contribution is 5.80. The predicted octanol–water partition coefficient (Wildman–Crippen LogP) is 3.56. The van der Waals surface area contributed by atoms with Crippen molar-refractivity contribution in [1.29, 1.82) is 0 Å². The lowest BCUT2D eigenvalue weighted by Gasteiger charge is -2.23. The van der Waals surface area contributed by atoms with Crippen molar-refractivity contribution in [2.24, 2.45) is 0 Å². The number of aromatic amines is 1. The highest BCUT2D eigenvalue weighted by Gasteiger charge is 2.31. The minimum Gasteiger partial charge on any atom is -0.350 e. The van der Waals surface area contributed by atoms with E-state index in [9.17, 15) is 9.59 Å². The number of H-pyrrole nitrogens is 1. The van der Waals surface area contributed by atoms with Gasteiger partial charge in [-0.25, -0.2) is 4.98 Å². The number of anilines is 2. The van der Waals surface area contributed by atoms with Crippen LogP contribution in [-0.2, 0) is 9.59 Å². The maximum Gasteiger partial charge on any atom is 0.242 e. The van der Waals surface area contributed by atoms with Crippen molar-refractivity contribution in [3.05, 3.63) is 66.1 Å². The lowest BCUT2D eigenvalue weighted by atomic mass is 10.1. The quantitative estimate of drug-likeness (QED) is 0.576. The molecule has 0 aliphatic carbocycles. The Labute approximate surface area is 182 Å². The fraction of sp³-hybridized carbons (Fsp3) is 0.292. The first-order valence-corrected chi connectivity index (χ1v) is 10.5. The van der Waals surface area contributed by atoms with Gasteiger partial charge in [-0.3, -0.25) is 9.59 Å². The van der Waals surface area contributed by atoms with Gasteiger partial charge in [0, 0.05) is 30.5 Å². The van der Waals surface area contributed by atoms with E-state index in [1.807, 2.05) is 24.4 Å². The van der Waals surface area contributed by atoms with Crippen LogP contribution in [0.4, 0.5) is 11.4 Å². The molecular formula is C24H27N5O2. The first-order chi connectivity index (χ1) is 15.1. The van der Waals surface area contributed by atoms with E-state index >= 15 is 0 Å². The summed E-state index contributed by atoms with van der Waals surface area (Å²) in [5.41, 5.74) is 5.39. The number of carbonyl (C=O) groups is 2. The van der Waals surface area contributed by atoms with Gasteiger partial charge in [0.25, 0.3) is 0 Å². The van der Waals surface area contributed by atoms with Gasteiger partial charge in [-0.1, -0.05) is 30.3 Å². The molecular weight excluding hydrogens is 390 g/mol. The largest absolute Gasteiger partial charge is 0.350 e. The molecule has 1 saturated heterocycles. The molecule has 1 aliphatic rings. The lowest BCUT2D eigenvalue weighted by Crippen LogP contribution is -2.37. The molecule has 0 saturated carbocycles. The number of para-hydroxylation sites is 1. The second-order valence-corrected chi connectivity index (χ2v) is 7.82. The van der Waals surface area contributed by atoms with Gasteiger partial charge in [-0.2, -0.15) is 0 Å². The minimum absolute atomic E-state index is 0.0146. The van der Waals surface area contributed by atoms with Gasteiger partial charge in [-0.15, -0.1) is 0 Å². The first kappa shape index (κ1) is 20.7. The molecule has 2 aromatic carbocycles. The summed E-state index contributed by atoms with van der Waals surface area (Å²) in [6.45, 7) is 2.80. The standard InChI is InChI=1S/C24H27N5O2/c1-17-10-11-18(13-22(17)28(2)19-7-4-3-5-8-19)20-14-26-24(27-20)21-9-6-12-29(21)23(31)15-25-16-30/h3-5,7-8,10-11,13-14,16,21H,6,9,12,15H2,1-2H3,(H,25,30)(H,26,27)/t21-/m0/s1. The second-order valence-electron chi connectivity index (χ2n) is 7.82. The Hall–Kier alpha value is -3.61. The summed E-state index contributed by atoms with van der Waals surface area (Å²) < 4.78 is 0. The third-order valence-corrected chi connectivity index (χ3v) is 5.85. The number of nitrogens with one attached hydrogen (secondary N) is 2. The molecule has 160 valence electrons. The second kappa shape index (κ2) is 9.04. The van der Waals surface area contributed by atoms with Gasteiger partial charge in [0.1, 0.15) is 5.82 Å². The van der Waals surface area contributed by atoms with Gasteiger partial charge >= 0.3 is 0 Å². The van der Waals surface area contributed by atoms with Crippen molar-refractivity contribution in [1.82, 2.24) is 20.2 Å². The van der Waals surface area contributed by atoms with E-state index in [4.69, 9.17) is 0 Å². The van der Waals surface area contributed by atoms with Crippen LogP contribution < -0.4 is 10.2 Å². The number of benzene rings is 2. The van der Waals surface area contributed by atoms with Crippen LogP contribution in [0.5, 0.6) is 0 Å². The molecule has 31 heavy (non-hydrogen) atoms. The van der Waals surface area contributed by atoms with Gasteiger partial charge in [0.2, 0.25) is 12.3 Å². The number of carbonyl (C=O) groups excluding carboxylic acids is 2. The van der Waals surface area contributed by atoms with Crippen molar-refractivity contribution in [2.75, 3.05) is 25.0 Å². The normalized spacial score (nSPS) is 15.7. The molecule has 7 nitrogen and oxygen atoms in total. The summed E-state index contributed by atoms with van der Waals surface area (Å²) in [6, 6.07) is 16.5. The van der Waals surface area contributed by atoms with Gasteiger partial charge < -0.3 is 20.1 Å². The molecule has 2 amide bonds. The van der Waals surface area contributed by atoms with Crippen LogP contribution in [0.25, 0.3) is 11.3 Å². The van der Waals surface area contributed by atoms with Gasteiger partial charge in [-0.05, 0) is 43.5 Å². The van der Waals surface area contributed by atoms with Crippen molar-refractivity contribution in [3.8, 4) is 11.3 Å². The highest BCUT2D eigenvalue weighted by Crippen LogP contribution is 2.34. The Morgan fingerprint density at radius 2 is 2.10 bits per heavy atom. The van der Waals surface area contributed by atoms with Crippen LogP contribution in [0.15, 0.2) is 54.7 Å². The summed E-state index contributed by atoms with van der Waals surface area (Å²) in [4.78, 5) is 34.9. The van der Waals surface area contributed by atoms with Crippen molar-refractivity contribution >= 4 is 23.7 Å². The fourth-order valence-corrected chi connectivity index (χ4v) is 4.16. The fourth-order valence-electron chi connectivity index (χ4n) is 4.16. The number of hydrogen-bond acceptors (Lipinski definition) is 4. The zero-order valence-electron chi connectivity index (χ0n) is 17.8. The molecule has 1 atom stereocenters. The number of nitrogens with zero attached hydrogens (tertiary/aromatic N) is 3. The van der Waals surface area contributed by atoms with Crippen molar-refractivity contribution < 1.29 is 9.59 Å². The third-order valence-electron chi connectivity index (χ3n) is 5.85. The van der Waals surface area contributed by atoms with E-state index in [0.29, 0.717) is 13.0 Å². The van der Waals surface area contributed by atoms with Crippen LogP contribution in [0, 0.1) is 6.92 Å². The number of likely N-dealkylation sites (tertiary alicyclic amines) is 1. The number of aryl methyl sites for hydroxylation is 1. The smallest absolute Gasteiger partial charge is 0.242 e. The summed E-state index contributed by atoms with van der Waals surface area (Å²) in [5, 5.41) is 2.46. The monoisotopic (exact) mass is 417 g/mol. The Morgan fingerprint density at radius 1 is 1.29 bits per heavy atom. The highest BCUT2D eigenvalue weighted by atomic mass is 16.2. The maximum absolute atomic E-state index is 12.4. The van der Waals surface area contributed by atoms with E-state index in [1.54, 1.807) is 4.90 Å². The molecule has 1 fully saturated rings. The van der Waals surface area contributed by atoms with E-state index in [2.05, 4.69) is 64.5 Å². The van der Waals surface area contributed by atoms with E-state index < -0.39 is 0 Å². The predicted molar refractivity (Wildman–Crippen MR) is 121 cm³/mol. The molecule has 3 aromatic rings. The van der Waals surface area contributed by atoms with Gasteiger partial charge in [0.05, 0.1) is 24.5 Å². The summed E-state index contributed by atoms with van der Waals surface area (Å²) in [5.74, 6) is 0.695. The zero-order valence-corrected chi connectivity index (χ0v) is 17.8. The number of rotatable bonds is 7. The molecule has 1 aliphatic heterocycles. The van der Waals surface area contributed by atoms with E-state index in [0.717, 1.165) is 41.3 Å². The Kier molecular flexibility index (Phi) is 6.02. The SMILES string of the molecule is Cc1ccc(-c2cnc([C@@H]3CCCN3C(=O)CNC=O)[nH]2)cc1N(C)c1ccccc1. The summed E-state index contributed by atoms with van der Waals surface area (Å²) >= 11 is 0. The summed E-state index contributed by atoms with van der Waals surface area (Å²) in [6.07, 6.45) is 4.16. The zero-order chi connectivity index (χ0) is 21.8. The van der Waals surface area contributed by atoms with Crippen LogP contribution in [0.2, 0.25) is 0 Å².